The molecule has 3 aliphatic carbocycles. The molecule has 1 spiro atoms. The Morgan fingerprint density at radius 3 is 2.89 bits per heavy atom. The molecule has 2 atom stereocenters. The minimum Gasteiger partial charge on any atom is -0.507 e. The highest BCUT2D eigenvalue weighted by atomic mass is 79.9. The molecule has 0 heterocycles. The second kappa shape index (κ2) is 3.73. The van der Waals surface area contributed by atoms with Gasteiger partial charge in [-0.2, -0.15) is 0 Å². The molecular formula is C15H12Br2O2. The number of hydrogen-bond donors (Lipinski definition) is 1. The molecule has 0 saturated heterocycles. The summed E-state index contributed by atoms with van der Waals surface area (Å²) in [6.45, 7) is 0. The van der Waals surface area contributed by atoms with Crippen molar-refractivity contribution >= 4 is 43.2 Å². The first kappa shape index (κ1) is 12.2. The van der Waals surface area contributed by atoms with Gasteiger partial charge in [0, 0.05) is 11.3 Å². The maximum absolute atomic E-state index is 12.3. The molecule has 1 aromatic carbocycles. The van der Waals surface area contributed by atoms with Gasteiger partial charge in [0.15, 0.2) is 5.78 Å². The van der Waals surface area contributed by atoms with E-state index in [0.29, 0.717) is 0 Å². The average molecular weight is 384 g/mol. The van der Waals surface area contributed by atoms with E-state index in [1.165, 1.54) is 5.57 Å². The van der Waals surface area contributed by atoms with Crippen LogP contribution in [0.15, 0.2) is 21.1 Å². The summed E-state index contributed by atoms with van der Waals surface area (Å²) < 4.78 is 1.56. The van der Waals surface area contributed by atoms with E-state index in [4.69, 9.17) is 0 Å². The third-order valence-corrected chi connectivity index (χ3v) is 6.62. The van der Waals surface area contributed by atoms with Gasteiger partial charge in [-0.1, -0.05) is 6.07 Å². The lowest BCUT2D eigenvalue weighted by atomic mass is 9.74. The number of allylic oxidation sites excluding steroid dienone is 2. The Bertz CT molecular complexity index is 662. The monoisotopic (exact) mass is 382 g/mol. The van der Waals surface area contributed by atoms with Gasteiger partial charge in [0.2, 0.25) is 0 Å². The van der Waals surface area contributed by atoms with E-state index in [9.17, 15) is 9.90 Å². The molecule has 0 amide bonds. The van der Waals surface area contributed by atoms with E-state index in [1.807, 2.05) is 6.07 Å². The third kappa shape index (κ3) is 1.39. The van der Waals surface area contributed by atoms with E-state index < -0.39 is 0 Å². The van der Waals surface area contributed by atoms with Crippen molar-refractivity contribution in [3.8, 4) is 5.75 Å². The summed E-state index contributed by atoms with van der Waals surface area (Å²) in [6, 6.07) is 3.66. The van der Waals surface area contributed by atoms with Crippen LogP contribution in [0.1, 0.15) is 30.4 Å². The minimum atomic E-state index is 0.121. The van der Waals surface area contributed by atoms with Gasteiger partial charge in [-0.25, -0.2) is 0 Å². The highest BCUT2D eigenvalue weighted by Gasteiger charge is 2.54. The molecule has 98 valence electrons. The first-order valence-electron chi connectivity index (χ1n) is 6.49. The summed E-state index contributed by atoms with van der Waals surface area (Å²) >= 11 is 7.04. The van der Waals surface area contributed by atoms with E-state index in [0.717, 1.165) is 45.8 Å². The molecule has 1 saturated carbocycles. The van der Waals surface area contributed by atoms with Crippen LogP contribution < -0.4 is 0 Å². The van der Waals surface area contributed by atoms with Crippen LogP contribution in [0, 0.1) is 11.3 Å². The number of phenols is 1. The number of benzene rings is 1. The topological polar surface area (TPSA) is 37.3 Å². The van der Waals surface area contributed by atoms with Crippen LogP contribution in [-0.2, 0) is 11.2 Å². The number of Topliss-reactive ketones (excluding diaryl/α,β-unsaturated/α-hetero) is 1. The molecular weight excluding hydrogens is 372 g/mol. The molecule has 0 aromatic heterocycles. The number of halogens is 2. The number of ketones is 1. The highest BCUT2D eigenvalue weighted by molar-refractivity contribution is 9.12. The minimum absolute atomic E-state index is 0.121. The molecule has 0 radical (unpaired) electrons. The zero-order valence-electron chi connectivity index (χ0n) is 10.2. The van der Waals surface area contributed by atoms with Gasteiger partial charge in [0.25, 0.3) is 0 Å². The van der Waals surface area contributed by atoms with Gasteiger partial charge < -0.3 is 5.11 Å². The lowest BCUT2D eigenvalue weighted by Gasteiger charge is -2.30. The molecule has 0 unspecified atom stereocenters. The largest absolute Gasteiger partial charge is 0.507 e. The van der Waals surface area contributed by atoms with Gasteiger partial charge in [-0.05, 0) is 80.3 Å². The standard InChI is InChI=1S/C15H12Br2O2/c16-12-9-6-15-4-3-7(5-15)14(19)13(17)11(15)8(9)1-2-10(12)18/h1-2,7,18H,3-6H2/t7-,15-/m1/s1. The second-order valence-electron chi connectivity index (χ2n) is 5.87. The fraction of sp³-hybridized carbons (Fsp3) is 0.400. The van der Waals surface area contributed by atoms with E-state index in [2.05, 4.69) is 31.9 Å². The molecule has 19 heavy (non-hydrogen) atoms. The Morgan fingerprint density at radius 2 is 2.11 bits per heavy atom. The predicted octanol–water partition coefficient (Wildman–Crippen LogP) is 4.19. The van der Waals surface area contributed by atoms with Gasteiger partial charge in [-0.3, -0.25) is 4.79 Å². The number of carbonyl (C=O) groups is 1. The van der Waals surface area contributed by atoms with Crippen LogP contribution in [0.2, 0.25) is 0 Å². The second-order valence-corrected chi connectivity index (χ2v) is 7.46. The Labute approximate surface area is 128 Å². The van der Waals surface area contributed by atoms with Crippen LogP contribution in [0.3, 0.4) is 0 Å². The molecule has 3 aliphatic rings. The number of fused-ring (bicyclic) bond motifs is 3. The number of phenolic OH excluding ortho intramolecular Hbond substituents is 1. The van der Waals surface area contributed by atoms with Gasteiger partial charge in [-0.15, -0.1) is 0 Å². The summed E-state index contributed by atoms with van der Waals surface area (Å²) in [5.74, 6) is 0.742. The maximum Gasteiger partial charge on any atom is 0.173 e. The van der Waals surface area contributed by atoms with Crippen LogP contribution in [0.25, 0.3) is 5.57 Å². The van der Waals surface area contributed by atoms with Crippen LogP contribution in [0.4, 0.5) is 0 Å². The normalized spacial score (nSPS) is 31.7. The first-order valence-corrected chi connectivity index (χ1v) is 8.07. The fourth-order valence-corrected chi connectivity index (χ4v) is 5.56. The van der Waals surface area contributed by atoms with Crippen molar-refractivity contribution in [2.45, 2.75) is 25.7 Å². The fourth-order valence-electron chi connectivity index (χ4n) is 4.12. The summed E-state index contributed by atoms with van der Waals surface area (Å²) in [7, 11) is 0. The van der Waals surface area contributed by atoms with E-state index in [-0.39, 0.29) is 22.9 Å². The molecule has 1 aromatic rings. The molecule has 1 fully saturated rings. The third-order valence-electron chi connectivity index (χ3n) is 4.95. The predicted molar refractivity (Wildman–Crippen MR) is 80.1 cm³/mol. The first-order chi connectivity index (χ1) is 9.03. The molecule has 4 rings (SSSR count). The Balaban J connectivity index is 2.03. The molecule has 2 bridgehead atoms. The van der Waals surface area contributed by atoms with Crippen molar-refractivity contribution in [2.75, 3.05) is 0 Å². The van der Waals surface area contributed by atoms with Crippen molar-refractivity contribution in [1.82, 2.24) is 0 Å². The van der Waals surface area contributed by atoms with Gasteiger partial charge >= 0.3 is 0 Å². The summed E-state index contributed by atoms with van der Waals surface area (Å²) in [5.41, 5.74) is 3.59. The molecule has 0 aliphatic heterocycles. The van der Waals surface area contributed by atoms with Crippen LogP contribution in [0.5, 0.6) is 5.75 Å². The Hall–Kier alpha value is -0.610. The smallest absolute Gasteiger partial charge is 0.173 e. The van der Waals surface area contributed by atoms with Crippen molar-refractivity contribution in [1.29, 1.82) is 0 Å². The zero-order chi connectivity index (χ0) is 13.4. The lowest BCUT2D eigenvalue weighted by Crippen LogP contribution is -2.25. The summed E-state index contributed by atoms with van der Waals surface area (Å²) in [5, 5.41) is 9.86. The average Bonchev–Trinajstić information content (AvgIpc) is 2.93. The quantitative estimate of drug-likeness (QED) is 0.729. The number of carbonyl (C=O) groups excluding carboxylic acids is 1. The Kier molecular flexibility index (Phi) is 2.39. The summed E-state index contributed by atoms with van der Waals surface area (Å²) in [4.78, 5) is 12.3. The number of hydrogen-bond acceptors (Lipinski definition) is 2. The van der Waals surface area contributed by atoms with Gasteiger partial charge in [0.1, 0.15) is 5.75 Å². The van der Waals surface area contributed by atoms with Crippen molar-refractivity contribution < 1.29 is 9.90 Å². The molecule has 1 N–H and O–H groups in total. The van der Waals surface area contributed by atoms with Crippen LogP contribution in [-0.4, -0.2) is 10.9 Å². The SMILES string of the molecule is O=C1C(Br)=C2c3ccc(O)c(Br)c3C[C@]23CC[C@@H]1C3. The Morgan fingerprint density at radius 1 is 1.32 bits per heavy atom. The van der Waals surface area contributed by atoms with Crippen molar-refractivity contribution in [2.24, 2.45) is 11.3 Å². The molecule has 4 heteroatoms. The van der Waals surface area contributed by atoms with E-state index >= 15 is 0 Å². The van der Waals surface area contributed by atoms with Gasteiger partial charge in [0.05, 0.1) is 8.96 Å². The highest BCUT2D eigenvalue weighted by Crippen LogP contribution is 2.64. The lowest BCUT2D eigenvalue weighted by molar-refractivity contribution is -0.118. The van der Waals surface area contributed by atoms with E-state index in [1.54, 1.807) is 6.07 Å². The van der Waals surface area contributed by atoms with Crippen molar-refractivity contribution in [3.05, 3.63) is 32.2 Å². The number of rotatable bonds is 0. The number of aromatic hydroxyl groups is 1. The zero-order valence-corrected chi connectivity index (χ0v) is 13.3. The molecule has 2 nitrogen and oxygen atoms in total. The summed E-state index contributed by atoms with van der Waals surface area (Å²) in [6.07, 6.45) is 3.98. The van der Waals surface area contributed by atoms with Crippen molar-refractivity contribution in [3.63, 3.8) is 0 Å². The maximum atomic E-state index is 12.3. The van der Waals surface area contributed by atoms with Crippen LogP contribution >= 0.6 is 31.9 Å².